The minimum Gasteiger partial charge on any atom is -0.460 e. The van der Waals surface area contributed by atoms with Gasteiger partial charge in [0.1, 0.15) is 6.10 Å². The standard InChI is InChI=1S/C21H28N2O4S/c1-13(2)7-8-26-12-17-10-15(20(25)27-17)11-18-19(24)23-21(28-18)22-16-6-4-5-14(3)9-16/h4-6,9,13,15,17-18H,7-8,10-12H2,1-3H3,(H,22,23,24). The number of carbonyl (C=O) groups excluding carboxylic acids is 2. The molecule has 2 heterocycles. The molecule has 2 saturated heterocycles. The number of hydrogen-bond acceptors (Lipinski definition) is 6. The highest BCUT2D eigenvalue weighted by molar-refractivity contribution is 8.15. The van der Waals surface area contributed by atoms with Crippen LogP contribution >= 0.6 is 11.8 Å². The van der Waals surface area contributed by atoms with Crippen molar-refractivity contribution >= 4 is 34.5 Å². The number of amidine groups is 1. The molecular weight excluding hydrogens is 376 g/mol. The molecule has 1 N–H and O–H groups in total. The smallest absolute Gasteiger partial charge is 0.309 e. The molecule has 0 bridgehead atoms. The van der Waals surface area contributed by atoms with Gasteiger partial charge < -0.3 is 14.8 Å². The number of thioether (sulfide) groups is 1. The number of aliphatic imine (C=N–C) groups is 1. The van der Waals surface area contributed by atoms with Crippen molar-refractivity contribution in [3.05, 3.63) is 29.8 Å². The van der Waals surface area contributed by atoms with Crippen LogP contribution in [0.1, 0.15) is 38.7 Å². The number of nitrogens with zero attached hydrogens (tertiary/aromatic N) is 1. The Kier molecular flexibility index (Phi) is 7.13. The van der Waals surface area contributed by atoms with Gasteiger partial charge in [-0.3, -0.25) is 9.59 Å². The van der Waals surface area contributed by atoms with E-state index in [1.165, 1.54) is 11.8 Å². The van der Waals surface area contributed by atoms with Gasteiger partial charge in [-0.25, -0.2) is 4.99 Å². The van der Waals surface area contributed by atoms with Crippen LogP contribution in [0.2, 0.25) is 0 Å². The Morgan fingerprint density at radius 1 is 1.36 bits per heavy atom. The van der Waals surface area contributed by atoms with Crippen LogP contribution < -0.4 is 5.32 Å². The fourth-order valence-corrected chi connectivity index (χ4v) is 4.32. The molecule has 2 aliphatic rings. The predicted molar refractivity (Wildman–Crippen MR) is 111 cm³/mol. The van der Waals surface area contributed by atoms with Gasteiger partial charge >= 0.3 is 5.97 Å². The first-order chi connectivity index (χ1) is 13.4. The van der Waals surface area contributed by atoms with Gasteiger partial charge in [-0.1, -0.05) is 37.7 Å². The van der Waals surface area contributed by atoms with Gasteiger partial charge in [-0.2, -0.15) is 0 Å². The number of aryl methyl sites for hydroxylation is 1. The summed E-state index contributed by atoms with van der Waals surface area (Å²) in [5.41, 5.74) is 1.92. The van der Waals surface area contributed by atoms with Crippen molar-refractivity contribution < 1.29 is 19.1 Å². The maximum atomic E-state index is 12.3. The number of rotatable bonds is 8. The van der Waals surface area contributed by atoms with E-state index in [0.717, 1.165) is 17.7 Å². The Labute approximate surface area is 170 Å². The van der Waals surface area contributed by atoms with Crippen molar-refractivity contribution in [1.29, 1.82) is 0 Å². The summed E-state index contributed by atoms with van der Waals surface area (Å²) in [6.45, 7) is 7.41. The topological polar surface area (TPSA) is 77.0 Å². The van der Waals surface area contributed by atoms with Crippen LogP contribution in [0.25, 0.3) is 0 Å². The second-order valence-corrected chi connectivity index (χ2v) is 9.03. The van der Waals surface area contributed by atoms with Crippen molar-refractivity contribution in [3.63, 3.8) is 0 Å². The molecule has 0 spiro atoms. The molecule has 1 aromatic rings. The highest BCUT2D eigenvalue weighted by Crippen LogP contribution is 2.33. The Balaban J connectivity index is 1.50. The molecule has 3 atom stereocenters. The maximum Gasteiger partial charge on any atom is 0.309 e. The van der Waals surface area contributed by atoms with Crippen molar-refractivity contribution in [2.75, 3.05) is 13.2 Å². The first-order valence-corrected chi connectivity index (χ1v) is 10.7. The lowest BCUT2D eigenvalue weighted by atomic mass is 9.99. The molecule has 2 fully saturated rings. The third-order valence-corrected chi connectivity index (χ3v) is 5.92. The molecule has 1 aromatic carbocycles. The SMILES string of the molecule is Cc1cccc(N=C2NC(=O)C(CC3CC(COCCC(C)C)OC3=O)S2)c1. The second-order valence-electron chi connectivity index (χ2n) is 7.84. The van der Waals surface area contributed by atoms with Crippen LogP contribution in [0.5, 0.6) is 0 Å². The van der Waals surface area contributed by atoms with Gasteiger partial charge in [0.05, 0.1) is 23.5 Å². The molecule has 2 aliphatic heterocycles. The molecular formula is C21H28N2O4S. The van der Waals surface area contributed by atoms with E-state index < -0.39 is 0 Å². The fraction of sp³-hybridized carbons (Fsp3) is 0.571. The summed E-state index contributed by atoms with van der Waals surface area (Å²) in [7, 11) is 0. The minimum absolute atomic E-state index is 0.0964. The molecule has 152 valence electrons. The van der Waals surface area contributed by atoms with Crippen molar-refractivity contribution in [3.8, 4) is 0 Å². The zero-order valence-electron chi connectivity index (χ0n) is 16.6. The van der Waals surface area contributed by atoms with E-state index in [2.05, 4.69) is 24.2 Å². The normalized spacial score (nSPS) is 26.1. The zero-order chi connectivity index (χ0) is 20.1. The van der Waals surface area contributed by atoms with Crippen LogP contribution in [0.15, 0.2) is 29.3 Å². The first-order valence-electron chi connectivity index (χ1n) is 9.82. The molecule has 0 saturated carbocycles. The van der Waals surface area contributed by atoms with Gasteiger partial charge in [0.15, 0.2) is 5.17 Å². The van der Waals surface area contributed by atoms with Gasteiger partial charge in [-0.05, 0) is 49.8 Å². The number of nitrogens with one attached hydrogen (secondary N) is 1. The molecule has 6 nitrogen and oxygen atoms in total. The summed E-state index contributed by atoms with van der Waals surface area (Å²) in [4.78, 5) is 29.0. The lowest BCUT2D eigenvalue weighted by Crippen LogP contribution is -2.27. The van der Waals surface area contributed by atoms with E-state index in [9.17, 15) is 9.59 Å². The van der Waals surface area contributed by atoms with E-state index in [0.29, 0.717) is 37.1 Å². The number of amides is 1. The van der Waals surface area contributed by atoms with Crippen molar-refractivity contribution in [1.82, 2.24) is 5.32 Å². The highest BCUT2D eigenvalue weighted by atomic mass is 32.2. The zero-order valence-corrected chi connectivity index (χ0v) is 17.5. The molecule has 3 unspecified atom stereocenters. The van der Waals surface area contributed by atoms with E-state index in [1.54, 1.807) is 0 Å². The van der Waals surface area contributed by atoms with Crippen LogP contribution in [-0.4, -0.2) is 41.6 Å². The number of benzene rings is 1. The Bertz CT molecular complexity index is 750. The number of hydrogen-bond donors (Lipinski definition) is 1. The number of carbonyl (C=O) groups is 2. The number of cyclic esters (lactones) is 1. The Hall–Kier alpha value is -1.86. The van der Waals surface area contributed by atoms with E-state index in [1.807, 2.05) is 31.2 Å². The van der Waals surface area contributed by atoms with Gasteiger partial charge in [-0.15, -0.1) is 0 Å². The summed E-state index contributed by atoms with van der Waals surface area (Å²) in [5.74, 6) is 0.00322. The molecule has 3 rings (SSSR count). The summed E-state index contributed by atoms with van der Waals surface area (Å²) in [6.07, 6.45) is 1.85. The van der Waals surface area contributed by atoms with E-state index in [4.69, 9.17) is 9.47 Å². The molecule has 28 heavy (non-hydrogen) atoms. The largest absolute Gasteiger partial charge is 0.460 e. The van der Waals surface area contributed by atoms with Crippen molar-refractivity contribution in [2.24, 2.45) is 16.8 Å². The third-order valence-electron chi connectivity index (χ3n) is 4.81. The van der Waals surface area contributed by atoms with Crippen LogP contribution in [0.3, 0.4) is 0 Å². The lowest BCUT2D eigenvalue weighted by Gasteiger charge is -2.11. The number of ether oxygens (including phenoxy) is 2. The first kappa shape index (κ1) is 20.9. The lowest BCUT2D eigenvalue weighted by molar-refractivity contribution is -0.146. The summed E-state index contributed by atoms with van der Waals surface area (Å²) in [6, 6.07) is 7.80. The summed E-state index contributed by atoms with van der Waals surface area (Å²) >= 11 is 1.38. The molecule has 1 amide bonds. The van der Waals surface area contributed by atoms with Crippen LogP contribution in [0.4, 0.5) is 5.69 Å². The fourth-order valence-electron chi connectivity index (χ4n) is 3.24. The van der Waals surface area contributed by atoms with Gasteiger partial charge in [0.25, 0.3) is 0 Å². The minimum atomic E-state index is -0.318. The van der Waals surface area contributed by atoms with Gasteiger partial charge in [0.2, 0.25) is 5.91 Å². The molecule has 0 aromatic heterocycles. The highest BCUT2D eigenvalue weighted by Gasteiger charge is 2.40. The average molecular weight is 405 g/mol. The van der Waals surface area contributed by atoms with Gasteiger partial charge in [0, 0.05) is 6.61 Å². The Morgan fingerprint density at radius 2 is 2.18 bits per heavy atom. The quantitative estimate of drug-likeness (QED) is 0.529. The number of esters is 1. The van der Waals surface area contributed by atoms with Crippen molar-refractivity contribution in [2.45, 2.75) is 51.4 Å². The Morgan fingerprint density at radius 3 is 2.93 bits per heavy atom. The molecule has 0 radical (unpaired) electrons. The monoisotopic (exact) mass is 404 g/mol. The predicted octanol–water partition coefficient (Wildman–Crippen LogP) is 3.60. The molecule has 0 aliphatic carbocycles. The van der Waals surface area contributed by atoms with E-state index in [-0.39, 0.29) is 29.1 Å². The summed E-state index contributed by atoms with van der Waals surface area (Å²) < 4.78 is 11.1. The van der Waals surface area contributed by atoms with Crippen LogP contribution in [-0.2, 0) is 19.1 Å². The average Bonchev–Trinajstić information content (AvgIpc) is 3.14. The second kappa shape index (κ2) is 9.56. The third kappa shape index (κ3) is 5.82. The molecule has 7 heteroatoms. The summed E-state index contributed by atoms with van der Waals surface area (Å²) in [5, 5.41) is 3.09. The van der Waals surface area contributed by atoms with E-state index >= 15 is 0 Å². The van der Waals surface area contributed by atoms with Crippen LogP contribution in [0, 0.1) is 18.8 Å². The maximum absolute atomic E-state index is 12.3.